The first-order valence-electron chi connectivity index (χ1n) is 6.28. The van der Waals surface area contributed by atoms with E-state index in [0.29, 0.717) is 17.4 Å². The highest BCUT2D eigenvalue weighted by Crippen LogP contribution is 2.17. The first kappa shape index (κ1) is 15.8. The van der Waals surface area contributed by atoms with Crippen LogP contribution in [0.15, 0.2) is 34.6 Å². The molecule has 0 aliphatic heterocycles. The third-order valence-corrected chi connectivity index (χ3v) is 3.30. The highest BCUT2D eigenvalue weighted by molar-refractivity contribution is 7.13. The SMILES string of the molecule is C=CCNc1nc(C(=O)OCc2ccc(C(=O)OC)o2)cs1. The van der Waals surface area contributed by atoms with Crippen LogP contribution in [0.25, 0.3) is 0 Å². The molecular formula is C14H14N2O5S. The topological polar surface area (TPSA) is 90.7 Å². The van der Waals surface area contributed by atoms with Gasteiger partial charge < -0.3 is 19.2 Å². The van der Waals surface area contributed by atoms with Gasteiger partial charge in [-0.3, -0.25) is 0 Å². The lowest BCUT2D eigenvalue weighted by atomic mass is 10.4. The van der Waals surface area contributed by atoms with E-state index in [9.17, 15) is 9.59 Å². The molecule has 0 aliphatic rings. The van der Waals surface area contributed by atoms with Crippen molar-refractivity contribution in [2.75, 3.05) is 19.0 Å². The minimum absolute atomic E-state index is 0.0538. The summed E-state index contributed by atoms with van der Waals surface area (Å²) in [5.74, 6) is -0.763. The molecule has 8 heteroatoms. The molecule has 116 valence electrons. The van der Waals surface area contributed by atoms with Crippen molar-refractivity contribution >= 4 is 28.4 Å². The van der Waals surface area contributed by atoms with Gasteiger partial charge in [0.1, 0.15) is 12.4 Å². The quantitative estimate of drug-likeness (QED) is 0.618. The van der Waals surface area contributed by atoms with Gasteiger partial charge in [0.25, 0.3) is 0 Å². The molecule has 0 amide bonds. The van der Waals surface area contributed by atoms with E-state index in [-0.39, 0.29) is 18.1 Å². The number of hydrogen-bond acceptors (Lipinski definition) is 8. The van der Waals surface area contributed by atoms with Crippen LogP contribution in [0.4, 0.5) is 5.13 Å². The van der Waals surface area contributed by atoms with Crippen molar-refractivity contribution in [1.82, 2.24) is 4.98 Å². The maximum atomic E-state index is 11.8. The predicted molar refractivity (Wildman–Crippen MR) is 80.0 cm³/mol. The van der Waals surface area contributed by atoms with E-state index in [1.54, 1.807) is 11.5 Å². The Hall–Kier alpha value is -2.61. The number of aromatic nitrogens is 1. The van der Waals surface area contributed by atoms with Gasteiger partial charge in [-0.05, 0) is 12.1 Å². The van der Waals surface area contributed by atoms with Gasteiger partial charge in [0, 0.05) is 11.9 Å². The zero-order valence-electron chi connectivity index (χ0n) is 11.8. The molecule has 7 nitrogen and oxygen atoms in total. The maximum Gasteiger partial charge on any atom is 0.373 e. The van der Waals surface area contributed by atoms with E-state index in [0.717, 1.165) is 0 Å². The fourth-order valence-electron chi connectivity index (χ4n) is 1.48. The summed E-state index contributed by atoms with van der Waals surface area (Å²) >= 11 is 1.30. The normalized spacial score (nSPS) is 10.0. The zero-order chi connectivity index (χ0) is 15.9. The molecule has 2 aromatic rings. The van der Waals surface area contributed by atoms with Crippen LogP contribution in [0.1, 0.15) is 26.8 Å². The van der Waals surface area contributed by atoms with Crippen molar-refractivity contribution in [3.63, 3.8) is 0 Å². The average Bonchev–Trinajstić information content (AvgIpc) is 3.19. The van der Waals surface area contributed by atoms with Crippen molar-refractivity contribution in [1.29, 1.82) is 0 Å². The third-order valence-electron chi connectivity index (χ3n) is 2.50. The molecule has 0 aliphatic carbocycles. The number of methoxy groups -OCH3 is 1. The molecule has 2 rings (SSSR count). The van der Waals surface area contributed by atoms with Gasteiger partial charge >= 0.3 is 11.9 Å². The first-order valence-corrected chi connectivity index (χ1v) is 7.16. The Labute approximate surface area is 130 Å². The standard InChI is InChI=1S/C14H14N2O5S/c1-3-6-15-14-16-10(8-22-14)12(17)20-7-9-4-5-11(21-9)13(18)19-2/h3-5,8H,1,6-7H2,2H3,(H,15,16). The van der Waals surface area contributed by atoms with Crippen LogP contribution in [-0.4, -0.2) is 30.6 Å². The fraction of sp³-hybridized carbons (Fsp3) is 0.214. The van der Waals surface area contributed by atoms with Crippen molar-refractivity contribution < 1.29 is 23.5 Å². The number of thiazole rings is 1. The van der Waals surface area contributed by atoms with Crippen molar-refractivity contribution in [2.24, 2.45) is 0 Å². The van der Waals surface area contributed by atoms with Crippen LogP contribution in [0, 0.1) is 0 Å². The molecule has 2 heterocycles. The molecule has 2 aromatic heterocycles. The molecule has 0 saturated carbocycles. The molecule has 0 unspecified atom stereocenters. The molecule has 0 saturated heterocycles. The zero-order valence-corrected chi connectivity index (χ0v) is 12.6. The number of esters is 2. The largest absolute Gasteiger partial charge is 0.463 e. The number of anilines is 1. The first-order chi connectivity index (χ1) is 10.6. The van der Waals surface area contributed by atoms with E-state index >= 15 is 0 Å². The van der Waals surface area contributed by atoms with Crippen molar-refractivity contribution in [3.8, 4) is 0 Å². The van der Waals surface area contributed by atoms with Gasteiger partial charge in [-0.2, -0.15) is 0 Å². The van der Waals surface area contributed by atoms with E-state index in [1.165, 1.54) is 30.6 Å². The third kappa shape index (κ3) is 3.95. The number of hydrogen-bond donors (Lipinski definition) is 1. The lowest BCUT2D eigenvalue weighted by Gasteiger charge is -2.00. The van der Waals surface area contributed by atoms with Crippen molar-refractivity contribution in [3.05, 3.63) is 47.4 Å². The molecule has 0 atom stereocenters. The predicted octanol–water partition coefficient (Wildman–Crippen LogP) is 2.48. The molecule has 0 bridgehead atoms. The number of nitrogens with one attached hydrogen (secondary N) is 1. The minimum atomic E-state index is -0.588. The number of nitrogens with zero attached hydrogens (tertiary/aromatic N) is 1. The second kappa shape index (κ2) is 7.41. The van der Waals surface area contributed by atoms with Gasteiger partial charge in [-0.1, -0.05) is 6.08 Å². The van der Waals surface area contributed by atoms with Crippen LogP contribution in [0.3, 0.4) is 0 Å². The Bertz CT molecular complexity index is 676. The summed E-state index contributed by atoms with van der Waals surface area (Å²) in [6, 6.07) is 2.99. The fourth-order valence-corrected chi connectivity index (χ4v) is 2.17. The molecule has 0 aromatic carbocycles. The van der Waals surface area contributed by atoms with E-state index in [1.807, 2.05) is 0 Å². The Kier molecular flexibility index (Phi) is 5.31. The van der Waals surface area contributed by atoms with Crippen LogP contribution >= 0.6 is 11.3 Å². The van der Waals surface area contributed by atoms with Crippen LogP contribution in [-0.2, 0) is 16.1 Å². The molecule has 0 radical (unpaired) electrons. The van der Waals surface area contributed by atoms with Crippen molar-refractivity contribution in [2.45, 2.75) is 6.61 Å². The highest BCUT2D eigenvalue weighted by atomic mass is 32.1. The summed E-state index contributed by atoms with van der Waals surface area (Å²) in [6.45, 7) is 4.05. The van der Waals surface area contributed by atoms with Crippen LogP contribution in [0.5, 0.6) is 0 Å². The molecule has 0 fully saturated rings. The lowest BCUT2D eigenvalue weighted by Crippen LogP contribution is -2.06. The summed E-state index contributed by atoms with van der Waals surface area (Å²) < 4.78 is 14.8. The highest BCUT2D eigenvalue weighted by Gasteiger charge is 2.15. The number of rotatable bonds is 7. The Morgan fingerprint density at radius 1 is 1.45 bits per heavy atom. The molecule has 0 spiro atoms. The number of carbonyl (C=O) groups excluding carboxylic acids is 2. The van der Waals surface area contributed by atoms with E-state index in [4.69, 9.17) is 9.15 Å². The summed E-state index contributed by atoms with van der Waals surface area (Å²) in [7, 11) is 1.25. The number of carbonyl (C=O) groups is 2. The molecule has 22 heavy (non-hydrogen) atoms. The Balaban J connectivity index is 1.89. The van der Waals surface area contributed by atoms with Crippen LogP contribution in [0.2, 0.25) is 0 Å². The number of furan rings is 1. The molecule has 1 N–H and O–H groups in total. The van der Waals surface area contributed by atoms with Gasteiger partial charge in [0.05, 0.1) is 7.11 Å². The van der Waals surface area contributed by atoms with E-state index in [2.05, 4.69) is 21.6 Å². The average molecular weight is 322 g/mol. The Morgan fingerprint density at radius 3 is 3.00 bits per heavy atom. The van der Waals surface area contributed by atoms with E-state index < -0.39 is 11.9 Å². The van der Waals surface area contributed by atoms with Gasteiger partial charge in [-0.15, -0.1) is 17.9 Å². The monoisotopic (exact) mass is 322 g/mol. The van der Waals surface area contributed by atoms with Crippen LogP contribution < -0.4 is 5.32 Å². The molecular weight excluding hydrogens is 308 g/mol. The summed E-state index contributed by atoms with van der Waals surface area (Å²) in [6.07, 6.45) is 1.69. The smallest absolute Gasteiger partial charge is 0.373 e. The van der Waals surface area contributed by atoms with Gasteiger partial charge in [0.15, 0.2) is 10.8 Å². The summed E-state index contributed by atoms with van der Waals surface area (Å²) in [5, 5.41) is 5.18. The Morgan fingerprint density at radius 2 is 2.27 bits per heavy atom. The maximum absolute atomic E-state index is 11.8. The van der Waals surface area contributed by atoms with Gasteiger partial charge in [-0.25, -0.2) is 14.6 Å². The minimum Gasteiger partial charge on any atom is -0.463 e. The summed E-state index contributed by atoms with van der Waals surface area (Å²) in [4.78, 5) is 27.2. The van der Waals surface area contributed by atoms with Gasteiger partial charge in [0.2, 0.25) is 5.76 Å². The number of ether oxygens (including phenoxy) is 2. The summed E-state index contributed by atoms with van der Waals surface area (Å²) in [5.41, 5.74) is 0.205. The second-order valence-corrected chi connectivity index (χ2v) is 4.90. The second-order valence-electron chi connectivity index (χ2n) is 4.04. The lowest BCUT2D eigenvalue weighted by molar-refractivity contribution is 0.0433.